The molecule has 0 radical (unpaired) electrons. The number of halogens is 1. The summed E-state index contributed by atoms with van der Waals surface area (Å²) in [6, 6.07) is 10.9. The first-order valence-electron chi connectivity index (χ1n) is 8.10. The number of nitrogens with zero attached hydrogens (tertiary/aromatic N) is 1. The third-order valence-corrected chi connectivity index (χ3v) is 5.56. The molecule has 1 N–H and O–H groups in total. The van der Waals surface area contributed by atoms with Gasteiger partial charge in [-0.25, -0.2) is 12.8 Å². The molecule has 1 heterocycles. The minimum absolute atomic E-state index is 0.177. The van der Waals surface area contributed by atoms with Gasteiger partial charge in [-0.1, -0.05) is 12.1 Å². The predicted octanol–water partition coefficient (Wildman–Crippen LogP) is 3.93. The Morgan fingerprint density at radius 2 is 1.79 bits per heavy atom. The van der Waals surface area contributed by atoms with E-state index in [4.69, 9.17) is 0 Å². The Labute approximate surface area is 142 Å². The van der Waals surface area contributed by atoms with Gasteiger partial charge in [0.15, 0.2) is 0 Å². The zero-order valence-corrected chi connectivity index (χ0v) is 14.4. The molecular weight excluding hydrogens is 327 g/mol. The largest absolute Gasteiger partial charge is 0.370 e. The molecule has 0 saturated carbocycles. The molecule has 1 saturated heterocycles. The summed E-state index contributed by atoms with van der Waals surface area (Å²) in [7, 11) is -3.76. The summed E-state index contributed by atoms with van der Waals surface area (Å²) in [5, 5.41) is 0. The zero-order chi connectivity index (χ0) is 17.2. The maximum Gasteiger partial charge on any atom is 0.261 e. The summed E-state index contributed by atoms with van der Waals surface area (Å²) in [6.07, 6.45) is 3.28. The lowest BCUT2D eigenvalue weighted by atomic mass is 10.1. The van der Waals surface area contributed by atoms with Crippen LogP contribution in [0.4, 0.5) is 15.8 Å². The van der Waals surface area contributed by atoms with Gasteiger partial charge in [-0.15, -0.1) is 0 Å². The third-order valence-electron chi connectivity index (χ3n) is 4.20. The monoisotopic (exact) mass is 348 g/mol. The van der Waals surface area contributed by atoms with Crippen LogP contribution in [0.5, 0.6) is 0 Å². The van der Waals surface area contributed by atoms with Gasteiger partial charge in [0.05, 0.1) is 16.3 Å². The molecule has 3 rings (SSSR count). The van der Waals surface area contributed by atoms with Gasteiger partial charge in [0.2, 0.25) is 0 Å². The number of sulfonamides is 1. The Balaban J connectivity index is 1.95. The van der Waals surface area contributed by atoms with E-state index in [9.17, 15) is 12.8 Å². The van der Waals surface area contributed by atoms with Gasteiger partial charge < -0.3 is 4.90 Å². The lowest BCUT2D eigenvalue weighted by Gasteiger charge is -2.30. The average molecular weight is 348 g/mol. The third kappa shape index (κ3) is 3.70. The van der Waals surface area contributed by atoms with E-state index in [-0.39, 0.29) is 4.90 Å². The van der Waals surface area contributed by atoms with Crippen molar-refractivity contribution in [2.75, 3.05) is 22.7 Å². The van der Waals surface area contributed by atoms with E-state index < -0.39 is 15.8 Å². The van der Waals surface area contributed by atoms with Crippen molar-refractivity contribution in [3.8, 4) is 0 Å². The van der Waals surface area contributed by atoms with Crippen molar-refractivity contribution in [3.05, 3.63) is 53.8 Å². The normalized spacial score (nSPS) is 15.3. The highest BCUT2D eigenvalue weighted by Gasteiger charge is 2.20. The molecule has 0 aromatic heterocycles. The molecule has 0 aliphatic carbocycles. The van der Waals surface area contributed by atoms with E-state index >= 15 is 0 Å². The summed E-state index contributed by atoms with van der Waals surface area (Å²) >= 11 is 0. The van der Waals surface area contributed by atoms with Gasteiger partial charge in [-0.3, -0.25) is 4.72 Å². The van der Waals surface area contributed by atoms with Crippen LogP contribution in [0, 0.1) is 12.7 Å². The zero-order valence-electron chi connectivity index (χ0n) is 13.6. The quantitative estimate of drug-likeness (QED) is 0.911. The lowest BCUT2D eigenvalue weighted by molar-refractivity contribution is 0.577. The maximum atomic E-state index is 13.7. The Morgan fingerprint density at radius 1 is 1.04 bits per heavy atom. The molecule has 1 fully saturated rings. The van der Waals surface area contributed by atoms with Crippen LogP contribution >= 0.6 is 0 Å². The lowest BCUT2D eigenvalue weighted by Crippen LogP contribution is -2.30. The van der Waals surface area contributed by atoms with E-state index in [0.717, 1.165) is 37.2 Å². The summed E-state index contributed by atoms with van der Waals surface area (Å²) in [6.45, 7) is 3.54. The van der Waals surface area contributed by atoms with Crippen molar-refractivity contribution in [1.82, 2.24) is 0 Å². The van der Waals surface area contributed by atoms with Gasteiger partial charge in [-0.2, -0.15) is 0 Å². The second-order valence-electron chi connectivity index (χ2n) is 6.13. The summed E-state index contributed by atoms with van der Waals surface area (Å²) in [4.78, 5) is 2.29. The summed E-state index contributed by atoms with van der Waals surface area (Å²) in [5.41, 5.74) is 1.87. The van der Waals surface area contributed by atoms with Crippen LogP contribution in [-0.4, -0.2) is 21.5 Å². The Kier molecular flexibility index (Phi) is 4.76. The molecule has 2 aromatic carbocycles. The van der Waals surface area contributed by atoms with Gasteiger partial charge in [0, 0.05) is 19.2 Å². The van der Waals surface area contributed by atoms with Crippen LogP contribution < -0.4 is 9.62 Å². The first-order chi connectivity index (χ1) is 11.5. The molecule has 24 heavy (non-hydrogen) atoms. The number of anilines is 2. The number of piperidine rings is 1. The standard InChI is InChI=1S/C18H21FN2O2S/c1-14-6-5-7-16(12-14)24(22,23)20-17-13-15(19)8-9-18(17)21-10-3-2-4-11-21/h5-9,12-13,20H,2-4,10-11H2,1H3. The highest BCUT2D eigenvalue weighted by atomic mass is 32.2. The number of aryl methyl sites for hydroxylation is 1. The van der Waals surface area contributed by atoms with E-state index in [1.165, 1.54) is 24.6 Å². The van der Waals surface area contributed by atoms with Gasteiger partial charge in [-0.05, 0) is 56.0 Å². The maximum absolute atomic E-state index is 13.7. The SMILES string of the molecule is Cc1cccc(S(=O)(=O)Nc2cc(F)ccc2N2CCCCC2)c1. The fourth-order valence-corrected chi connectivity index (χ4v) is 4.16. The first kappa shape index (κ1) is 16.8. The van der Waals surface area contributed by atoms with Gasteiger partial charge in [0.25, 0.3) is 10.0 Å². The molecule has 0 bridgehead atoms. The fourth-order valence-electron chi connectivity index (χ4n) is 2.99. The predicted molar refractivity (Wildman–Crippen MR) is 94.5 cm³/mol. The van der Waals surface area contributed by atoms with Crippen LogP contribution in [0.25, 0.3) is 0 Å². The molecule has 4 nitrogen and oxygen atoms in total. The highest BCUT2D eigenvalue weighted by Crippen LogP contribution is 2.31. The van der Waals surface area contributed by atoms with Gasteiger partial charge in [0.1, 0.15) is 5.82 Å². The van der Waals surface area contributed by atoms with Crippen LogP contribution in [0.3, 0.4) is 0 Å². The topological polar surface area (TPSA) is 49.4 Å². The van der Waals surface area contributed by atoms with Gasteiger partial charge >= 0.3 is 0 Å². The van der Waals surface area contributed by atoms with Crippen LogP contribution in [-0.2, 0) is 10.0 Å². The molecular formula is C18H21FN2O2S. The van der Waals surface area contributed by atoms with Crippen LogP contribution in [0.1, 0.15) is 24.8 Å². The summed E-state index contributed by atoms with van der Waals surface area (Å²) < 4.78 is 41.6. The van der Waals surface area contributed by atoms with Crippen molar-refractivity contribution in [2.45, 2.75) is 31.1 Å². The molecule has 6 heteroatoms. The number of hydrogen-bond acceptors (Lipinski definition) is 3. The first-order valence-corrected chi connectivity index (χ1v) is 9.58. The second kappa shape index (κ2) is 6.81. The van der Waals surface area contributed by atoms with E-state index in [0.29, 0.717) is 5.69 Å². The van der Waals surface area contributed by atoms with Crippen LogP contribution in [0.15, 0.2) is 47.4 Å². The Bertz CT molecular complexity index is 831. The van der Waals surface area contributed by atoms with E-state index in [1.54, 1.807) is 18.2 Å². The minimum Gasteiger partial charge on any atom is -0.370 e. The highest BCUT2D eigenvalue weighted by molar-refractivity contribution is 7.92. The van der Waals surface area contributed by atoms with Crippen LogP contribution in [0.2, 0.25) is 0 Å². The molecule has 0 amide bonds. The number of nitrogens with one attached hydrogen (secondary N) is 1. The molecule has 0 atom stereocenters. The number of rotatable bonds is 4. The van der Waals surface area contributed by atoms with Crippen molar-refractivity contribution < 1.29 is 12.8 Å². The van der Waals surface area contributed by atoms with Crippen molar-refractivity contribution in [3.63, 3.8) is 0 Å². The fraction of sp³-hybridized carbons (Fsp3) is 0.333. The van der Waals surface area contributed by atoms with Crippen molar-refractivity contribution >= 4 is 21.4 Å². The molecule has 2 aromatic rings. The van der Waals surface area contributed by atoms with Crippen molar-refractivity contribution in [1.29, 1.82) is 0 Å². The van der Waals surface area contributed by atoms with Crippen molar-refractivity contribution in [2.24, 2.45) is 0 Å². The molecule has 0 unspecified atom stereocenters. The number of benzene rings is 2. The molecule has 0 spiro atoms. The molecule has 128 valence electrons. The Hall–Kier alpha value is -2.08. The molecule has 1 aliphatic heterocycles. The van der Waals surface area contributed by atoms with E-state index in [2.05, 4.69) is 9.62 Å². The van der Waals surface area contributed by atoms with E-state index in [1.807, 2.05) is 13.0 Å². The number of hydrogen-bond donors (Lipinski definition) is 1. The molecule has 1 aliphatic rings. The smallest absolute Gasteiger partial charge is 0.261 e. The minimum atomic E-state index is -3.76. The Morgan fingerprint density at radius 3 is 2.50 bits per heavy atom. The second-order valence-corrected chi connectivity index (χ2v) is 7.81. The average Bonchev–Trinajstić information content (AvgIpc) is 2.55. The summed E-state index contributed by atoms with van der Waals surface area (Å²) in [5.74, 6) is -0.460.